The molecule has 2 N–H and O–H groups in total. The summed E-state index contributed by atoms with van der Waals surface area (Å²) in [5, 5.41) is 0.871. The molecule has 0 aliphatic carbocycles. The Morgan fingerprint density at radius 1 is 1.29 bits per heavy atom. The van der Waals surface area contributed by atoms with Crippen molar-refractivity contribution in [1.29, 1.82) is 0 Å². The zero-order valence-corrected chi connectivity index (χ0v) is 13.6. The standard InChI is InChI=1S/C17H26ClN3/c1-13(19)10-14-4-5-17(16(18)11-14)21-9-6-15(12-21)20-7-2-3-8-20/h4-5,11,13,15H,2-3,6-10,12,19H2,1H3. The molecule has 0 amide bonds. The van der Waals surface area contributed by atoms with Crippen molar-refractivity contribution in [1.82, 2.24) is 4.90 Å². The molecule has 2 atom stereocenters. The van der Waals surface area contributed by atoms with E-state index in [9.17, 15) is 0 Å². The van der Waals surface area contributed by atoms with Gasteiger partial charge >= 0.3 is 0 Å². The zero-order chi connectivity index (χ0) is 14.8. The summed E-state index contributed by atoms with van der Waals surface area (Å²) in [7, 11) is 0. The molecule has 0 bridgehead atoms. The second kappa shape index (κ2) is 6.55. The molecule has 3 nitrogen and oxygen atoms in total. The Morgan fingerprint density at radius 2 is 2.05 bits per heavy atom. The number of benzene rings is 1. The second-order valence-corrected chi connectivity index (χ2v) is 7.01. The van der Waals surface area contributed by atoms with E-state index in [0.29, 0.717) is 6.04 Å². The number of hydrogen-bond donors (Lipinski definition) is 1. The van der Waals surface area contributed by atoms with Gasteiger partial charge < -0.3 is 10.6 Å². The highest BCUT2D eigenvalue weighted by molar-refractivity contribution is 6.33. The molecule has 2 saturated heterocycles. The summed E-state index contributed by atoms with van der Waals surface area (Å²) >= 11 is 6.50. The molecule has 21 heavy (non-hydrogen) atoms. The van der Waals surface area contributed by atoms with Gasteiger partial charge in [-0.1, -0.05) is 17.7 Å². The topological polar surface area (TPSA) is 32.5 Å². The fourth-order valence-electron chi connectivity index (χ4n) is 3.67. The van der Waals surface area contributed by atoms with Gasteiger partial charge in [-0.05, 0) is 63.4 Å². The van der Waals surface area contributed by atoms with Crippen LogP contribution in [0.2, 0.25) is 5.02 Å². The van der Waals surface area contributed by atoms with Crippen LogP contribution in [0.3, 0.4) is 0 Å². The molecule has 0 saturated carbocycles. The molecule has 4 heteroatoms. The summed E-state index contributed by atoms with van der Waals surface area (Å²) in [5.41, 5.74) is 8.28. The predicted molar refractivity (Wildman–Crippen MR) is 90.2 cm³/mol. The van der Waals surface area contributed by atoms with E-state index in [2.05, 4.69) is 28.0 Å². The Kier molecular flexibility index (Phi) is 4.72. The van der Waals surface area contributed by atoms with Gasteiger partial charge in [0, 0.05) is 25.2 Å². The van der Waals surface area contributed by atoms with Crippen LogP contribution in [0, 0.1) is 0 Å². The highest BCUT2D eigenvalue weighted by atomic mass is 35.5. The van der Waals surface area contributed by atoms with Crippen LogP contribution < -0.4 is 10.6 Å². The minimum Gasteiger partial charge on any atom is -0.369 e. The first-order chi connectivity index (χ1) is 10.1. The fraction of sp³-hybridized carbons (Fsp3) is 0.647. The van der Waals surface area contributed by atoms with E-state index in [1.165, 1.54) is 43.6 Å². The highest BCUT2D eigenvalue weighted by Crippen LogP contribution is 2.31. The third kappa shape index (κ3) is 3.53. The first-order valence-corrected chi connectivity index (χ1v) is 8.54. The van der Waals surface area contributed by atoms with Crippen molar-refractivity contribution in [2.45, 2.75) is 44.7 Å². The molecule has 2 fully saturated rings. The first-order valence-electron chi connectivity index (χ1n) is 8.16. The van der Waals surface area contributed by atoms with E-state index in [1.807, 2.05) is 6.92 Å². The number of likely N-dealkylation sites (tertiary alicyclic amines) is 1. The van der Waals surface area contributed by atoms with Crippen LogP contribution in [-0.2, 0) is 6.42 Å². The maximum Gasteiger partial charge on any atom is 0.0642 e. The first kappa shape index (κ1) is 15.1. The van der Waals surface area contributed by atoms with Gasteiger partial charge in [-0.25, -0.2) is 0 Å². The van der Waals surface area contributed by atoms with Gasteiger partial charge in [0.25, 0.3) is 0 Å². The van der Waals surface area contributed by atoms with E-state index in [4.69, 9.17) is 17.3 Å². The third-order valence-electron chi connectivity index (χ3n) is 4.73. The minimum atomic E-state index is 0.179. The van der Waals surface area contributed by atoms with Crippen LogP contribution in [0.25, 0.3) is 0 Å². The SMILES string of the molecule is CC(N)Cc1ccc(N2CCC(N3CCCC3)C2)c(Cl)c1. The normalized spacial score (nSPS) is 24.7. The molecule has 0 radical (unpaired) electrons. The number of anilines is 1. The van der Waals surface area contributed by atoms with Crippen LogP contribution in [0.15, 0.2) is 18.2 Å². The van der Waals surface area contributed by atoms with Gasteiger partial charge in [0.05, 0.1) is 10.7 Å². The fourth-order valence-corrected chi connectivity index (χ4v) is 3.99. The molecule has 1 aromatic rings. The van der Waals surface area contributed by atoms with Gasteiger partial charge in [-0.15, -0.1) is 0 Å². The summed E-state index contributed by atoms with van der Waals surface area (Å²) < 4.78 is 0. The van der Waals surface area contributed by atoms with Crippen LogP contribution in [0.1, 0.15) is 31.7 Å². The lowest BCUT2D eigenvalue weighted by Gasteiger charge is -2.25. The third-order valence-corrected chi connectivity index (χ3v) is 5.03. The van der Waals surface area contributed by atoms with Gasteiger partial charge in [0.15, 0.2) is 0 Å². The second-order valence-electron chi connectivity index (χ2n) is 6.60. The van der Waals surface area contributed by atoms with Crippen LogP contribution in [0.4, 0.5) is 5.69 Å². The summed E-state index contributed by atoms with van der Waals surface area (Å²) in [6.07, 6.45) is 4.88. The van der Waals surface area contributed by atoms with Gasteiger partial charge in [0.2, 0.25) is 0 Å². The molecular weight excluding hydrogens is 282 g/mol. The molecule has 116 valence electrons. The average molecular weight is 308 g/mol. The van der Waals surface area contributed by atoms with E-state index in [-0.39, 0.29) is 6.04 Å². The summed E-state index contributed by atoms with van der Waals surface area (Å²) in [6.45, 7) is 6.82. The quantitative estimate of drug-likeness (QED) is 0.928. The molecule has 2 unspecified atom stereocenters. The lowest BCUT2D eigenvalue weighted by molar-refractivity contribution is 0.260. The maximum atomic E-state index is 6.50. The van der Waals surface area contributed by atoms with Gasteiger partial charge in [0.1, 0.15) is 0 Å². The minimum absolute atomic E-state index is 0.179. The number of hydrogen-bond acceptors (Lipinski definition) is 3. The Hall–Kier alpha value is -0.770. The molecule has 1 aromatic carbocycles. The Balaban J connectivity index is 1.67. The number of rotatable bonds is 4. The van der Waals surface area contributed by atoms with Crippen molar-refractivity contribution < 1.29 is 0 Å². The Bertz CT molecular complexity index is 483. The molecule has 0 aromatic heterocycles. The molecule has 2 aliphatic heterocycles. The molecule has 0 spiro atoms. The van der Waals surface area contributed by atoms with E-state index in [1.54, 1.807) is 0 Å². The van der Waals surface area contributed by atoms with E-state index < -0.39 is 0 Å². The molecule has 2 heterocycles. The van der Waals surface area contributed by atoms with Crippen LogP contribution in [0.5, 0.6) is 0 Å². The van der Waals surface area contributed by atoms with Crippen molar-refractivity contribution in [3.63, 3.8) is 0 Å². The van der Waals surface area contributed by atoms with Crippen LogP contribution in [-0.4, -0.2) is 43.2 Å². The molecular formula is C17H26ClN3. The summed E-state index contributed by atoms with van der Waals surface area (Å²) in [6, 6.07) is 7.33. The summed E-state index contributed by atoms with van der Waals surface area (Å²) in [5.74, 6) is 0. The average Bonchev–Trinajstić information content (AvgIpc) is 3.09. The van der Waals surface area contributed by atoms with Crippen molar-refractivity contribution in [3.05, 3.63) is 28.8 Å². The largest absolute Gasteiger partial charge is 0.369 e. The predicted octanol–water partition coefficient (Wildman–Crippen LogP) is 2.90. The lowest BCUT2D eigenvalue weighted by Crippen LogP contribution is -2.35. The molecule has 2 aliphatic rings. The van der Waals surface area contributed by atoms with Crippen molar-refractivity contribution in [2.75, 3.05) is 31.1 Å². The number of halogens is 1. The monoisotopic (exact) mass is 307 g/mol. The number of nitrogens with zero attached hydrogens (tertiary/aromatic N) is 2. The zero-order valence-electron chi connectivity index (χ0n) is 12.9. The smallest absolute Gasteiger partial charge is 0.0642 e. The van der Waals surface area contributed by atoms with E-state index >= 15 is 0 Å². The maximum absolute atomic E-state index is 6.50. The van der Waals surface area contributed by atoms with E-state index in [0.717, 1.165) is 24.5 Å². The lowest BCUT2D eigenvalue weighted by atomic mass is 10.1. The highest BCUT2D eigenvalue weighted by Gasteiger charge is 2.30. The number of nitrogens with two attached hydrogens (primary N) is 1. The van der Waals surface area contributed by atoms with Crippen molar-refractivity contribution in [3.8, 4) is 0 Å². The molecule has 3 rings (SSSR count). The van der Waals surface area contributed by atoms with Crippen LogP contribution >= 0.6 is 11.6 Å². The summed E-state index contributed by atoms with van der Waals surface area (Å²) in [4.78, 5) is 5.10. The van der Waals surface area contributed by atoms with Crippen molar-refractivity contribution >= 4 is 17.3 Å². The van der Waals surface area contributed by atoms with Gasteiger partial charge in [-0.3, -0.25) is 4.90 Å². The Morgan fingerprint density at radius 3 is 2.71 bits per heavy atom. The Labute approximate surface area is 133 Å². The van der Waals surface area contributed by atoms with Gasteiger partial charge in [-0.2, -0.15) is 0 Å². The van der Waals surface area contributed by atoms with Crippen molar-refractivity contribution in [2.24, 2.45) is 5.73 Å².